The van der Waals surface area contributed by atoms with E-state index in [9.17, 15) is 9.59 Å². The van der Waals surface area contributed by atoms with Crippen molar-refractivity contribution in [3.05, 3.63) is 18.4 Å². The summed E-state index contributed by atoms with van der Waals surface area (Å²) in [6, 6.07) is 0. The Kier molecular flexibility index (Phi) is 3.28. The average Bonchev–Trinajstić information content (AvgIpc) is 2.77. The van der Waals surface area contributed by atoms with Gasteiger partial charge in [-0.25, -0.2) is 4.98 Å². The van der Waals surface area contributed by atoms with Gasteiger partial charge in [-0.05, 0) is 0 Å². The van der Waals surface area contributed by atoms with Crippen LogP contribution in [0.1, 0.15) is 19.0 Å². The van der Waals surface area contributed by atoms with Crippen LogP contribution >= 0.6 is 11.8 Å². The van der Waals surface area contributed by atoms with Gasteiger partial charge in [-0.15, -0.1) is 0 Å². The molecule has 0 aliphatic carbocycles. The van der Waals surface area contributed by atoms with Crippen molar-refractivity contribution in [2.75, 3.05) is 6.54 Å². The number of aromatic nitrogens is 1. The van der Waals surface area contributed by atoms with Gasteiger partial charge in [-0.2, -0.15) is 0 Å². The van der Waals surface area contributed by atoms with Crippen molar-refractivity contribution in [1.29, 1.82) is 0 Å². The zero-order valence-corrected chi connectivity index (χ0v) is 9.70. The largest absolute Gasteiger partial charge is 0.451 e. The van der Waals surface area contributed by atoms with Gasteiger partial charge in [0.1, 0.15) is 6.26 Å². The summed E-state index contributed by atoms with van der Waals surface area (Å²) in [4.78, 5) is 28.2. The minimum atomic E-state index is 0.0566. The first-order valence-electron chi connectivity index (χ1n) is 4.97. The van der Waals surface area contributed by atoms with Crippen LogP contribution in [-0.4, -0.2) is 32.7 Å². The minimum absolute atomic E-state index is 0.0566. The fourth-order valence-electron chi connectivity index (χ4n) is 1.71. The van der Waals surface area contributed by atoms with E-state index in [4.69, 9.17) is 4.42 Å². The lowest BCUT2D eigenvalue weighted by molar-refractivity contribution is -0.128. The van der Waals surface area contributed by atoms with Gasteiger partial charge in [0.25, 0.3) is 0 Å². The summed E-state index contributed by atoms with van der Waals surface area (Å²) in [5.41, 5.74) is 0.738. The number of oxazole rings is 1. The summed E-state index contributed by atoms with van der Waals surface area (Å²) in [6.45, 7) is 2.59. The molecule has 16 heavy (non-hydrogen) atoms. The van der Waals surface area contributed by atoms with Gasteiger partial charge >= 0.3 is 0 Å². The van der Waals surface area contributed by atoms with Gasteiger partial charge in [-0.1, -0.05) is 11.8 Å². The Morgan fingerprint density at radius 3 is 3.19 bits per heavy atom. The van der Waals surface area contributed by atoms with E-state index in [0.29, 0.717) is 19.5 Å². The van der Waals surface area contributed by atoms with E-state index in [-0.39, 0.29) is 16.3 Å². The van der Waals surface area contributed by atoms with Crippen LogP contribution in [0, 0.1) is 0 Å². The second-order valence-corrected chi connectivity index (χ2v) is 5.17. The fraction of sp³-hybridized carbons (Fsp3) is 0.500. The van der Waals surface area contributed by atoms with Crippen molar-refractivity contribution in [3.8, 4) is 0 Å². The molecule has 1 aromatic heterocycles. The summed E-state index contributed by atoms with van der Waals surface area (Å²) < 4.78 is 4.84. The molecular weight excluding hydrogens is 228 g/mol. The lowest BCUT2D eigenvalue weighted by Gasteiger charge is -2.13. The topological polar surface area (TPSA) is 63.4 Å². The highest BCUT2D eigenvalue weighted by atomic mass is 32.2. The molecule has 0 bridgehead atoms. The highest BCUT2D eigenvalue weighted by Crippen LogP contribution is 2.25. The molecule has 1 aliphatic rings. The minimum Gasteiger partial charge on any atom is -0.451 e. The Morgan fingerprint density at radius 1 is 1.75 bits per heavy atom. The molecule has 1 unspecified atom stereocenters. The second-order valence-electron chi connectivity index (χ2n) is 3.69. The molecule has 0 saturated carbocycles. The molecule has 1 aromatic rings. The predicted molar refractivity (Wildman–Crippen MR) is 58.6 cm³/mol. The third kappa shape index (κ3) is 2.63. The maximum Gasteiger partial charge on any atom is 0.224 e. The molecule has 0 aromatic carbocycles. The van der Waals surface area contributed by atoms with Crippen molar-refractivity contribution in [2.24, 2.45) is 0 Å². The summed E-state index contributed by atoms with van der Waals surface area (Å²) in [7, 11) is 0. The van der Waals surface area contributed by atoms with E-state index in [1.54, 1.807) is 4.90 Å². The van der Waals surface area contributed by atoms with E-state index >= 15 is 0 Å². The molecule has 1 fully saturated rings. The van der Waals surface area contributed by atoms with Crippen LogP contribution in [0.2, 0.25) is 0 Å². The van der Waals surface area contributed by atoms with E-state index in [0.717, 1.165) is 5.69 Å². The van der Waals surface area contributed by atoms with Crippen molar-refractivity contribution in [3.63, 3.8) is 0 Å². The molecule has 1 aliphatic heterocycles. The Hall–Kier alpha value is -1.30. The lowest BCUT2D eigenvalue weighted by Crippen LogP contribution is -2.25. The zero-order chi connectivity index (χ0) is 11.5. The molecule has 5 nitrogen and oxygen atoms in total. The van der Waals surface area contributed by atoms with Crippen LogP contribution in [0.5, 0.6) is 0 Å². The standard InChI is InChI=1S/C10H12N2O3S/c1-7(13)16-9-2-10(14)12(4-9)3-8-5-15-6-11-8/h5-6,9H,2-4H2,1H3. The summed E-state index contributed by atoms with van der Waals surface area (Å²) in [6.07, 6.45) is 3.30. The van der Waals surface area contributed by atoms with Crippen LogP contribution in [0.3, 0.4) is 0 Å². The van der Waals surface area contributed by atoms with E-state index in [1.807, 2.05) is 0 Å². The SMILES string of the molecule is CC(=O)SC1CC(=O)N(Cc2cocn2)C1. The number of amides is 1. The lowest BCUT2D eigenvalue weighted by atomic mass is 10.4. The molecule has 1 saturated heterocycles. The van der Waals surface area contributed by atoms with Crippen molar-refractivity contribution in [1.82, 2.24) is 9.88 Å². The normalized spacial score (nSPS) is 20.4. The summed E-state index contributed by atoms with van der Waals surface area (Å²) in [5.74, 6) is 0.0711. The third-order valence-corrected chi connectivity index (χ3v) is 3.33. The molecular formula is C10H12N2O3S. The van der Waals surface area contributed by atoms with Crippen LogP contribution in [-0.2, 0) is 16.1 Å². The highest BCUT2D eigenvalue weighted by Gasteiger charge is 2.31. The summed E-state index contributed by atoms with van der Waals surface area (Å²) >= 11 is 1.24. The molecule has 1 atom stereocenters. The fourth-order valence-corrected chi connectivity index (χ4v) is 2.66. The quantitative estimate of drug-likeness (QED) is 0.790. The maximum atomic E-state index is 11.6. The second kappa shape index (κ2) is 4.69. The monoisotopic (exact) mass is 240 g/mol. The van der Waals surface area contributed by atoms with E-state index in [2.05, 4.69) is 4.98 Å². The number of rotatable bonds is 3. The number of nitrogens with zero attached hydrogens (tertiary/aromatic N) is 2. The van der Waals surface area contributed by atoms with Crippen LogP contribution < -0.4 is 0 Å². The number of likely N-dealkylation sites (tertiary alicyclic amines) is 1. The van der Waals surface area contributed by atoms with E-state index in [1.165, 1.54) is 31.3 Å². The van der Waals surface area contributed by atoms with Gasteiger partial charge in [-0.3, -0.25) is 9.59 Å². The molecule has 0 radical (unpaired) electrons. The number of hydrogen-bond donors (Lipinski definition) is 0. The smallest absolute Gasteiger partial charge is 0.224 e. The number of thioether (sulfide) groups is 1. The molecule has 0 spiro atoms. The Bertz CT molecular complexity index is 391. The molecule has 2 rings (SSSR count). The molecule has 2 heterocycles. The highest BCUT2D eigenvalue weighted by molar-refractivity contribution is 8.14. The molecule has 1 amide bonds. The van der Waals surface area contributed by atoms with Crippen molar-refractivity contribution < 1.29 is 14.0 Å². The van der Waals surface area contributed by atoms with Crippen molar-refractivity contribution >= 4 is 22.8 Å². The van der Waals surface area contributed by atoms with Gasteiger partial charge in [0.15, 0.2) is 11.5 Å². The van der Waals surface area contributed by atoms with E-state index < -0.39 is 0 Å². The van der Waals surface area contributed by atoms with Gasteiger partial charge in [0, 0.05) is 25.1 Å². The van der Waals surface area contributed by atoms with Crippen LogP contribution in [0.15, 0.2) is 17.1 Å². The van der Waals surface area contributed by atoms with Gasteiger partial charge in [0.05, 0.1) is 12.2 Å². The summed E-state index contributed by atoms with van der Waals surface area (Å²) in [5, 5.41) is 0.137. The molecule has 0 N–H and O–H groups in total. The third-order valence-electron chi connectivity index (χ3n) is 2.35. The predicted octanol–water partition coefficient (Wildman–Crippen LogP) is 1.06. The number of carbonyl (C=O) groups is 2. The van der Waals surface area contributed by atoms with Crippen molar-refractivity contribution in [2.45, 2.75) is 25.1 Å². The number of hydrogen-bond acceptors (Lipinski definition) is 5. The maximum absolute atomic E-state index is 11.6. The van der Waals surface area contributed by atoms with Gasteiger partial charge in [0.2, 0.25) is 5.91 Å². The zero-order valence-electron chi connectivity index (χ0n) is 8.88. The first-order valence-corrected chi connectivity index (χ1v) is 5.85. The molecule has 86 valence electrons. The first-order chi connectivity index (χ1) is 7.65. The van der Waals surface area contributed by atoms with Crippen LogP contribution in [0.25, 0.3) is 0 Å². The molecule has 6 heteroatoms. The number of carbonyl (C=O) groups excluding carboxylic acids is 2. The van der Waals surface area contributed by atoms with Gasteiger partial charge < -0.3 is 9.32 Å². The Balaban J connectivity index is 1.92. The average molecular weight is 240 g/mol. The first kappa shape index (κ1) is 11.2. The van der Waals surface area contributed by atoms with Crippen LogP contribution in [0.4, 0.5) is 0 Å². The Morgan fingerprint density at radius 2 is 2.56 bits per heavy atom. The Labute approximate surface area is 97.2 Å².